The van der Waals surface area contributed by atoms with Crippen molar-refractivity contribution in [3.63, 3.8) is 0 Å². The number of rotatable bonds is 5. The topological polar surface area (TPSA) is 100 Å². The van der Waals surface area contributed by atoms with Crippen molar-refractivity contribution in [3.8, 4) is 11.5 Å². The van der Waals surface area contributed by atoms with Gasteiger partial charge in [-0.05, 0) is 49.4 Å². The van der Waals surface area contributed by atoms with Crippen LogP contribution in [0.25, 0.3) is 5.76 Å². The van der Waals surface area contributed by atoms with Crippen molar-refractivity contribution < 1.29 is 29.0 Å². The highest BCUT2D eigenvalue weighted by Gasteiger charge is 2.49. The lowest BCUT2D eigenvalue weighted by atomic mass is 9.99. The molecule has 1 aliphatic rings. The van der Waals surface area contributed by atoms with Crippen LogP contribution in [0.1, 0.15) is 24.3 Å². The number of furan rings is 1. The highest BCUT2D eigenvalue weighted by atomic mass is 35.5. The maximum absolute atomic E-state index is 13.0. The molecule has 2 heterocycles. The molecule has 0 bridgehead atoms. The Hall–Kier alpha value is -3.71. The van der Waals surface area contributed by atoms with Crippen LogP contribution in [0.2, 0.25) is 5.02 Å². The third-order valence-corrected chi connectivity index (χ3v) is 5.22. The van der Waals surface area contributed by atoms with E-state index in [0.717, 1.165) is 4.90 Å². The molecule has 1 unspecified atom stereocenters. The average Bonchev–Trinajstić information content (AvgIpc) is 3.37. The molecule has 0 aliphatic carbocycles. The number of halogens is 1. The summed E-state index contributed by atoms with van der Waals surface area (Å²) in [4.78, 5) is 27.1. The van der Waals surface area contributed by atoms with Gasteiger partial charge in [-0.3, -0.25) is 14.5 Å². The predicted molar refractivity (Wildman–Crippen MR) is 114 cm³/mol. The second kappa shape index (κ2) is 8.20. The van der Waals surface area contributed by atoms with Crippen LogP contribution in [0.15, 0.2) is 70.9 Å². The lowest BCUT2D eigenvalue weighted by Crippen LogP contribution is -2.29. The second-order valence-electron chi connectivity index (χ2n) is 6.75. The van der Waals surface area contributed by atoms with Gasteiger partial charge in [0.1, 0.15) is 29.1 Å². The minimum absolute atomic E-state index is 0.121. The zero-order valence-electron chi connectivity index (χ0n) is 16.4. The maximum atomic E-state index is 13.0. The van der Waals surface area contributed by atoms with Crippen LogP contribution >= 0.6 is 11.6 Å². The number of Topliss-reactive ketones (excluding diaryl/α,β-unsaturated/α-hetero) is 1. The number of ether oxygens (including phenoxy) is 1. The molecule has 2 aromatic carbocycles. The van der Waals surface area contributed by atoms with Gasteiger partial charge in [0.15, 0.2) is 0 Å². The second-order valence-corrected chi connectivity index (χ2v) is 7.16. The molecule has 0 spiro atoms. The molecule has 1 fully saturated rings. The molecule has 158 valence electrons. The fourth-order valence-corrected chi connectivity index (χ4v) is 3.71. The van der Waals surface area contributed by atoms with Crippen LogP contribution in [-0.4, -0.2) is 28.5 Å². The first-order chi connectivity index (χ1) is 14.9. The standard InChI is InChI=1S/C23H18ClNO6/c1-2-30-18-12-13(9-10-14(18)24)21(27)19-20(17-8-5-11-31-17)25(23(29)22(19)28)15-6-3-4-7-16(15)26/h3-12,20,26-27H,2H2,1H3/b21-19-. The third-order valence-electron chi connectivity index (χ3n) is 4.90. The van der Waals surface area contributed by atoms with Gasteiger partial charge in [0, 0.05) is 5.56 Å². The molecule has 0 radical (unpaired) electrons. The number of aromatic hydroxyl groups is 1. The predicted octanol–water partition coefficient (Wildman–Crippen LogP) is 4.66. The lowest BCUT2D eigenvalue weighted by Gasteiger charge is -2.24. The number of phenols is 1. The molecule has 1 amide bonds. The van der Waals surface area contributed by atoms with Gasteiger partial charge in [0.2, 0.25) is 0 Å². The fraction of sp³-hybridized carbons (Fsp3) is 0.130. The average molecular weight is 440 g/mol. The van der Waals surface area contributed by atoms with E-state index in [1.165, 1.54) is 36.6 Å². The number of phenolic OH excluding ortho intramolecular Hbond substituents is 1. The van der Waals surface area contributed by atoms with Crippen LogP contribution < -0.4 is 9.64 Å². The molecule has 1 aliphatic heterocycles. The number of carbonyl (C=O) groups excluding carboxylic acids is 2. The number of ketones is 1. The van der Waals surface area contributed by atoms with Crippen molar-refractivity contribution in [2.45, 2.75) is 13.0 Å². The summed E-state index contributed by atoms with van der Waals surface area (Å²) >= 11 is 6.13. The minimum Gasteiger partial charge on any atom is -0.507 e. The van der Waals surface area contributed by atoms with E-state index in [1.54, 1.807) is 31.2 Å². The van der Waals surface area contributed by atoms with E-state index < -0.39 is 23.5 Å². The van der Waals surface area contributed by atoms with Crippen LogP contribution in [0.4, 0.5) is 5.69 Å². The minimum atomic E-state index is -1.07. The van der Waals surface area contributed by atoms with E-state index in [9.17, 15) is 19.8 Å². The van der Waals surface area contributed by atoms with Gasteiger partial charge < -0.3 is 19.4 Å². The summed E-state index contributed by atoms with van der Waals surface area (Å²) in [6.45, 7) is 2.14. The molecule has 8 heteroatoms. The summed E-state index contributed by atoms with van der Waals surface area (Å²) in [5, 5.41) is 21.7. The Balaban J connectivity index is 1.92. The zero-order valence-corrected chi connectivity index (χ0v) is 17.2. The first kappa shape index (κ1) is 20.6. The van der Waals surface area contributed by atoms with Crippen molar-refractivity contribution in [2.24, 2.45) is 0 Å². The van der Waals surface area contributed by atoms with E-state index in [2.05, 4.69) is 0 Å². The van der Waals surface area contributed by atoms with Crippen molar-refractivity contribution in [1.82, 2.24) is 0 Å². The molecule has 4 rings (SSSR count). The van der Waals surface area contributed by atoms with Crippen molar-refractivity contribution >= 4 is 34.7 Å². The van der Waals surface area contributed by atoms with Crippen molar-refractivity contribution in [2.75, 3.05) is 11.5 Å². The van der Waals surface area contributed by atoms with Gasteiger partial charge in [0.05, 0.1) is 29.2 Å². The number of hydrogen-bond donors (Lipinski definition) is 2. The molecule has 2 N–H and O–H groups in total. The van der Waals surface area contributed by atoms with Gasteiger partial charge in [-0.25, -0.2) is 0 Å². The summed E-state index contributed by atoms with van der Waals surface area (Å²) in [5.74, 6) is -1.82. The highest BCUT2D eigenvalue weighted by molar-refractivity contribution is 6.51. The number of para-hydroxylation sites is 2. The Morgan fingerprint density at radius 2 is 1.94 bits per heavy atom. The van der Waals surface area contributed by atoms with E-state index in [1.807, 2.05) is 0 Å². The molecular weight excluding hydrogens is 422 g/mol. The quantitative estimate of drug-likeness (QED) is 0.340. The number of benzene rings is 2. The first-order valence-corrected chi connectivity index (χ1v) is 9.87. The summed E-state index contributed by atoms with van der Waals surface area (Å²) in [6, 6.07) is 12.8. The molecule has 1 aromatic heterocycles. The fourth-order valence-electron chi connectivity index (χ4n) is 3.54. The number of amides is 1. The van der Waals surface area contributed by atoms with Crippen molar-refractivity contribution in [1.29, 1.82) is 0 Å². The highest BCUT2D eigenvalue weighted by Crippen LogP contribution is 2.45. The summed E-state index contributed by atoms with van der Waals surface area (Å²) in [5.41, 5.74) is 0.198. The number of nitrogens with zero attached hydrogens (tertiary/aromatic N) is 1. The Morgan fingerprint density at radius 1 is 1.16 bits per heavy atom. The molecule has 3 aromatic rings. The maximum Gasteiger partial charge on any atom is 0.300 e. The van der Waals surface area contributed by atoms with Gasteiger partial charge in [-0.2, -0.15) is 0 Å². The number of carbonyl (C=O) groups is 2. The summed E-state index contributed by atoms with van der Waals surface area (Å²) in [6.07, 6.45) is 1.40. The number of aliphatic hydroxyl groups is 1. The molecule has 7 nitrogen and oxygen atoms in total. The smallest absolute Gasteiger partial charge is 0.300 e. The van der Waals surface area contributed by atoms with E-state index in [-0.39, 0.29) is 28.3 Å². The monoisotopic (exact) mass is 439 g/mol. The van der Waals surface area contributed by atoms with E-state index >= 15 is 0 Å². The number of aliphatic hydroxyl groups excluding tert-OH is 1. The molecule has 31 heavy (non-hydrogen) atoms. The van der Waals surface area contributed by atoms with Crippen LogP contribution in [-0.2, 0) is 9.59 Å². The van der Waals surface area contributed by atoms with Gasteiger partial charge in [0.25, 0.3) is 11.7 Å². The molecular formula is C23H18ClNO6. The Bertz CT molecular complexity index is 1180. The normalized spacial score (nSPS) is 17.9. The summed E-state index contributed by atoms with van der Waals surface area (Å²) < 4.78 is 10.9. The Morgan fingerprint density at radius 3 is 2.61 bits per heavy atom. The molecule has 1 saturated heterocycles. The van der Waals surface area contributed by atoms with E-state index in [4.69, 9.17) is 20.8 Å². The molecule has 1 atom stereocenters. The molecule has 0 saturated carbocycles. The van der Waals surface area contributed by atoms with Gasteiger partial charge in [-0.15, -0.1) is 0 Å². The third kappa shape index (κ3) is 3.53. The Labute approximate surface area is 182 Å². The lowest BCUT2D eigenvalue weighted by molar-refractivity contribution is -0.132. The van der Waals surface area contributed by atoms with Crippen LogP contribution in [0.3, 0.4) is 0 Å². The SMILES string of the molecule is CCOc1cc(/C(O)=C2/C(=O)C(=O)N(c3ccccc3O)C2c2ccco2)ccc1Cl. The number of anilines is 1. The largest absolute Gasteiger partial charge is 0.507 e. The summed E-state index contributed by atoms with van der Waals surface area (Å²) in [7, 11) is 0. The van der Waals surface area contributed by atoms with Gasteiger partial charge in [-0.1, -0.05) is 23.7 Å². The Kier molecular flexibility index (Phi) is 5.44. The van der Waals surface area contributed by atoms with Gasteiger partial charge >= 0.3 is 0 Å². The number of hydrogen-bond acceptors (Lipinski definition) is 6. The van der Waals surface area contributed by atoms with E-state index in [0.29, 0.717) is 17.4 Å². The first-order valence-electron chi connectivity index (χ1n) is 9.49. The van der Waals surface area contributed by atoms with Crippen LogP contribution in [0.5, 0.6) is 11.5 Å². The van der Waals surface area contributed by atoms with Crippen LogP contribution in [0, 0.1) is 0 Å². The van der Waals surface area contributed by atoms with Crippen molar-refractivity contribution in [3.05, 3.63) is 82.8 Å². The zero-order chi connectivity index (χ0) is 22.1.